The van der Waals surface area contributed by atoms with Crippen molar-refractivity contribution in [1.29, 1.82) is 0 Å². The lowest BCUT2D eigenvalue weighted by Crippen LogP contribution is -2.30. The molecule has 0 heterocycles. The maximum Gasteiger partial charge on any atom is 0.365 e. The first-order chi connectivity index (χ1) is 7.16. The van der Waals surface area contributed by atoms with E-state index in [2.05, 4.69) is 0 Å². The second-order valence-corrected chi connectivity index (χ2v) is 4.23. The SMILES string of the molecule is CC(O)(OC1=CCCC1)OC1=CCCC1. The van der Waals surface area contributed by atoms with E-state index >= 15 is 0 Å². The van der Waals surface area contributed by atoms with E-state index in [1.807, 2.05) is 12.2 Å². The van der Waals surface area contributed by atoms with Crippen LogP contribution in [0.2, 0.25) is 0 Å². The molecule has 84 valence electrons. The first kappa shape index (κ1) is 10.6. The van der Waals surface area contributed by atoms with Crippen LogP contribution >= 0.6 is 0 Å². The van der Waals surface area contributed by atoms with E-state index in [9.17, 15) is 5.11 Å². The first-order valence-electron chi connectivity index (χ1n) is 5.64. The Kier molecular flexibility index (Phi) is 3.00. The Hall–Kier alpha value is -0.960. The molecule has 1 N–H and O–H groups in total. The van der Waals surface area contributed by atoms with E-state index in [0.717, 1.165) is 50.0 Å². The van der Waals surface area contributed by atoms with Crippen molar-refractivity contribution in [3.63, 3.8) is 0 Å². The zero-order valence-electron chi connectivity index (χ0n) is 9.16. The van der Waals surface area contributed by atoms with Gasteiger partial charge in [-0.05, 0) is 37.8 Å². The summed E-state index contributed by atoms with van der Waals surface area (Å²) >= 11 is 0. The fourth-order valence-electron chi connectivity index (χ4n) is 1.98. The zero-order chi connectivity index (χ0) is 10.7. The van der Waals surface area contributed by atoms with Crippen molar-refractivity contribution in [2.45, 2.75) is 51.4 Å². The van der Waals surface area contributed by atoms with Crippen LogP contribution in [-0.4, -0.2) is 11.1 Å². The fraction of sp³-hybridized carbons (Fsp3) is 0.667. The zero-order valence-corrected chi connectivity index (χ0v) is 9.16. The van der Waals surface area contributed by atoms with Gasteiger partial charge in [-0.3, -0.25) is 0 Å². The summed E-state index contributed by atoms with van der Waals surface area (Å²) in [6, 6.07) is 0. The van der Waals surface area contributed by atoms with Gasteiger partial charge in [0.2, 0.25) is 0 Å². The molecular formula is C12H18O3. The topological polar surface area (TPSA) is 38.7 Å². The third-order valence-corrected chi connectivity index (χ3v) is 2.64. The molecule has 0 aliphatic heterocycles. The standard InChI is InChI=1S/C12H18O3/c1-12(13,14-10-6-2-3-7-10)15-11-8-4-5-9-11/h6,8,13H,2-5,7,9H2,1H3. The fourth-order valence-corrected chi connectivity index (χ4v) is 1.98. The molecule has 0 saturated carbocycles. The van der Waals surface area contributed by atoms with Gasteiger partial charge in [-0.2, -0.15) is 0 Å². The predicted octanol–water partition coefficient (Wildman–Crippen LogP) is 2.82. The number of hydrogen-bond acceptors (Lipinski definition) is 3. The summed E-state index contributed by atoms with van der Waals surface area (Å²) in [6.45, 7) is 1.55. The monoisotopic (exact) mass is 210 g/mol. The molecule has 2 rings (SSSR count). The van der Waals surface area contributed by atoms with Crippen LogP contribution in [0.4, 0.5) is 0 Å². The lowest BCUT2D eigenvalue weighted by Gasteiger charge is -2.26. The number of rotatable bonds is 4. The molecule has 3 heteroatoms. The van der Waals surface area contributed by atoms with Crippen molar-refractivity contribution in [2.24, 2.45) is 0 Å². The molecule has 2 aliphatic rings. The molecule has 0 amide bonds. The average molecular weight is 210 g/mol. The highest BCUT2D eigenvalue weighted by molar-refractivity contribution is 5.02. The van der Waals surface area contributed by atoms with Crippen molar-refractivity contribution in [1.82, 2.24) is 0 Å². The lowest BCUT2D eigenvalue weighted by atomic mass is 10.3. The Morgan fingerprint density at radius 3 is 1.87 bits per heavy atom. The van der Waals surface area contributed by atoms with Gasteiger partial charge in [-0.15, -0.1) is 0 Å². The van der Waals surface area contributed by atoms with Crippen LogP contribution in [0.5, 0.6) is 0 Å². The number of allylic oxidation sites excluding steroid dienone is 4. The van der Waals surface area contributed by atoms with Gasteiger partial charge in [0.1, 0.15) is 0 Å². The molecule has 0 fully saturated rings. The first-order valence-corrected chi connectivity index (χ1v) is 5.64. The lowest BCUT2D eigenvalue weighted by molar-refractivity contribution is -0.316. The van der Waals surface area contributed by atoms with E-state index in [-0.39, 0.29) is 0 Å². The van der Waals surface area contributed by atoms with Gasteiger partial charge >= 0.3 is 5.97 Å². The minimum atomic E-state index is -1.51. The third kappa shape index (κ3) is 2.99. The minimum absolute atomic E-state index is 0.846. The van der Waals surface area contributed by atoms with Crippen LogP contribution in [0.25, 0.3) is 0 Å². The summed E-state index contributed by atoms with van der Waals surface area (Å²) in [4.78, 5) is 0. The summed E-state index contributed by atoms with van der Waals surface area (Å²) in [6.07, 6.45) is 10.1. The maximum atomic E-state index is 9.91. The summed E-state index contributed by atoms with van der Waals surface area (Å²) in [5.41, 5.74) is 0. The molecule has 2 aliphatic carbocycles. The number of aliphatic hydroxyl groups is 1. The smallest absolute Gasteiger partial charge is 0.365 e. The van der Waals surface area contributed by atoms with Crippen LogP contribution in [0.15, 0.2) is 23.7 Å². The largest absolute Gasteiger partial charge is 0.435 e. The second-order valence-electron chi connectivity index (χ2n) is 4.23. The van der Waals surface area contributed by atoms with Gasteiger partial charge in [-0.1, -0.05) is 0 Å². The predicted molar refractivity (Wildman–Crippen MR) is 56.7 cm³/mol. The molecule has 0 bridgehead atoms. The Labute approximate surface area is 90.4 Å². The van der Waals surface area contributed by atoms with Crippen molar-refractivity contribution in [3.8, 4) is 0 Å². The normalized spacial score (nSPS) is 21.2. The van der Waals surface area contributed by atoms with E-state index in [1.54, 1.807) is 6.92 Å². The van der Waals surface area contributed by atoms with Crippen LogP contribution in [0.1, 0.15) is 45.4 Å². The van der Waals surface area contributed by atoms with Crippen molar-refractivity contribution < 1.29 is 14.6 Å². The molecule has 0 atom stereocenters. The molecule has 0 aromatic rings. The van der Waals surface area contributed by atoms with Crippen molar-refractivity contribution in [3.05, 3.63) is 23.7 Å². The highest BCUT2D eigenvalue weighted by Gasteiger charge is 2.28. The van der Waals surface area contributed by atoms with Crippen LogP contribution in [0.3, 0.4) is 0 Å². The highest BCUT2D eigenvalue weighted by atomic mass is 16.8. The van der Waals surface area contributed by atoms with Crippen molar-refractivity contribution >= 4 is 0 Å². The molecular weight excluding hydrogens is 192 g/mol. The Bertz CT molecular complexity index is 261. The molecule has 0 radical (unpaired) electrons. The minimum Gasteiger partial charge on any atom is -0.435 e. The number of ether oxygens (including phenoxy) is 2. The molecule has 0 aromatic heterocycles. The maximum absolute atomic E-state index is 9.91. The quantitative estimate of drug-likeness (QED) is 0.725. The van der Waals surface area contributed by atoms with Gasteiger partial charge in [0, 0.05) is 19.8 Å². The molecule has 15 heavy (non-hydrogen) atoms. The summed E-state index contributed by atoms with van der Waals surface area (Å²) in [7, 11) is 0. The summed E-state index contributed by atoms with van der Waals surface area (Å²) < 4.78 is 10.8. The van der Waals surface area contributed by atoms with Crippen LogP contribution in [0, 0.1) is 0 Å². The molecule has 0 spiro atoms. The molecule has 0 unspecified atom stereocenters. The molecule has 0 aromatic carbocycles. The molecule has 0 saturated heterocycles. The van der Waals surface area contributed by atoms with Crippen LogP contribution in [-0.2, 0) is 9.47 Å². The van der Waals surface area contributed by atoms with Gasteiger partial charge in [-0.25, -0.2) is 0 Å². The van der Waals surface area contributed by atoms with Crippen LogP contribution < -0.4 is 0 Å². The van der Waals surface area contributed by atoms with Crippen molar-refractivity contribution in [2.75, 3.05) is 0 Å². The van der Waals surface area contributed by atoms with Gasteiger partial charge < -0.3 is 14.6 Å². The third-order valence-electron chi connectivity index (χ3n) is 2.64. The summed E-state index contributed by atoms with van der Waals surface area (Å²) in [5.74, 6) is 0.184. The Morgan fingerprint density at radius 1 is 1.07 bits per heavy atom. The van der Waals surface area contributed by atoms with E-state index in [1.165, 1.54) is 0 Å². The van der Waals surface area contributed by atoms with Gasteiger partial charge in [0.25, 0.3) is 0 Å². The summed E-state index contributed by atoms with van der Waals surface area (Å²) in [5, 5.41) is 9.91. The van der Waals surface area contributed by atoms with E-state index in [0.29, 0.717) is 0 Å². The van der Waals surface area contributed by atoms with E-state index in [4.69, 9.17) is 9.47 Å². The number of hydrogen-bond donors (Lipinski definition) is 1. The second kappa shape index (κ2) is 4.27. The van der Waals surface area contributed by atoms with E-state index < -0.39 is 5.97 Å². The Morgan fingerprint density at radius 2 is 1.53 bits per heavy atom. The van der Waals surface area contributed by atoms with Gasteiger partial charge in [0.05, 0.1) is 11.5 Å². The van der Waals surface area contributed by atoms with Gasteiger partial charge in [0.15, 0.2) is 0 Å². The Balaban J connectivity index is 1.87. The average Bonchev–Trinajstić information content (AvgIpc) is 2.75. The highest BCUT2D eigenvalue weighted by Crippen LogP contribution is 2.28. The molecule has 3 nitrogen and oxygen atoms in total.